The van der Waals surface area contributed by atoms with Gasteiger partial charge in [0.1, 0.15) is 0 Å². The molecule has 2 aromatic heterocycles. The molecule has 0 spiro atoms. The van der Waals surface area contributed by atoms with Crippen LogP contribution in [0.3, 0.4) is 0 Å². The third-order valence-electron chi connectivity index (χ3n) is 3.58. The second-order valence-corrected chi connectivity index (χ2v) is 4.69. The van der Waals surface area contributed by atoms with Crippen molar-refractivity contribution in [2.24, 2.45) is 0 Å². The molecule has 0 aromatic carbocycles. The van der Waals surface area contributed by atoms with Crippen LogP contribution in [0.5, 0.6) is 0 Å². The zero-order valence-electron chi connectivity index (χ0n) is 11.5. The maximum Gasteiger partial charge on any atom is 0.225 e. The van der Waals surface area contributed by atoms with Gasteiger partial charge in [-0.05, 0) is 48.9 Å². The number of ketones is 1. The van der Waals surface area contributed by atoms with Gasteiger partial charge in [-0.1, -0.05) is 13.8 Å². The molecule has 3 nitrogen and oxygen atoms in total. The smallest absolute Gasteiger partial charge is 0.225 e. The van der Waals surface area contributed by atoms with Crippen molar-refractivity contribution in [3.05, 3.63) is 46.0 Å². The SMILES string of the molecule is CCc1c(C)c[nH]c1C(=O)c1[nH]cc(C)c1CC. The summed E-state index contributed by atoms with van der Waals surface area (Å²) < 4.78 is 0. The molecule has 18 heavy (non-hydrogen) atoms. The highest BCUT2D eigenvalue weighted by molar-refractivity contribution is 6.08. The fourth-order valence-electron chi connectivity index (χ4n) is 2.55. The molecule has 0 unspecified atom stereocenters. The molecule has 2 rings (SSSR count). The number of carbonyl (C=O) groups is 1. The van der Waals surface area contributed by atoms with Crippen LogP contribution in [0.15, 0.2) is 12.4 Å². The van der Waals surface area contributed by atoms with Crippen molar-refractivity contribution in [3.63, 3.8) is 0 Å². The average molecular weight is 244 g/mol. The van der Waals surface area contributed by atoms with Crippen LogP contribution in [0.25, 0.3) is 0 Å². The Hall–Kier alpha value is -1.77. The average Bonchev–Trinajstić information content (AvgIpc) is 2.91. The fraction of sp³-hybridized carbons (Fsp3) is 0.400. The lowest BCUT2D eigenvalue weighted by molar-refractivity contribution is 0.102. The zero-order valence-corrected chi connectivity index (χ0v) is 11.5. The lowest BCUT2D eigenvalue weighted by atomic mass is 10.0. The molecule has 0 bridgehead atoms. The Morgan fingerprint density at radius 1 is 0.944 bits per heavy atom. The number of aromatic amines is 2. The third kappa shape index (κ3) is 1.90. The Morgan fingerprint density at radius 2 is 1.33 bits per heavy atom. The summed E-state index contributed by atoms with van der Waals surface area (Å²) in [6.45, 7) is 8.22. The lowest BCUT2D eigenvalue weighted by Crippen LogP contribution is -2.08. The monoisotopic (exact) mass is 244 g/mol. The number of aromatic nitrogens is 2. The molecule has 0 atom stereocenters. The number of hydrogen-bond acceptors (Lipinski definition) is 1. The van der Waals surface area contributed by atoms with Crippen molar-refractivity contribution < 1.29 is 4.79 Å². The summed E-state index contributed by atoms with van der Waals surface area (Å²) in [6, 6.07) is 0. The van der Waals surface area contributed by atoms with Gasteiger partial charge in [0.2, 0.25) is 5.78 Å². The van der Waals surface area contributed by atoms with Crippen molar-refractivity contribution in [1.29, 1.82) is 0 Å². The highest BCUT2D eigenvalue weighted by atomic mass is 16.1. The van der Waals surface area contributed by atoms with E-state index in [4.69, 9.17) is 0 Å². The molecule has 0 radical (unpaired) electrons. The van der Waals surface area contributed by atoms with E-state index in [0.29, 0.717) is 0 Å². The number of rotatable bonds is 4. The molecule has 0 aliphatic carbocycles. The quantitative estimate of drug-likeness (QED) is 0.796. The zero-order chi connectivity index (χ0) is 13.3. The Morgan fingerprint density at radius 3 is 1.67 bits per heavy atom. The van der Waals surface area contributed by atoms with E-state index in [2.05, 4.69) is 23.8 Å². The predicted octanol–water partition coefficient (Wildman–Crippen LogP) is 3.32. The highest BCUT2D eigenvalue weighted by Crippen LogP contribution is 2.21. The van der Waals surface area contributed by atoms with Gasteiger partial charge >= 0.3 is 0 Å². The van der Waals surface area contributed by atoms with E-state index in [1.807, 2.05) is 26.2 Å². The highest BCUT2D eigenvalue weighted by Gasteiger charge is 2.20. The summed E-state index contributed by atoms with van der Waals surface area (Å²) in [6.07, 6.45) is 5.57. The molecule has 96 valence electrons. The van der Waals surface area contributed by atoms with E-state index >= 15 is 0 Å². The molecular formula is C15H20N2O. The second kappa shape index (κ2) is 4.84. The number of nitrogens with one attached hydrogen (secondary N) is 2. The van der Waals surface area contributed by atoms with Crippen LogP contribution in [0.2, 0.25) is 0 Å². The molecule has 3 heteroatoms. The molecule has 0 amide bonds. The van der Waals surface area contributed by atoms with Crippen molar-refractivity contribution >= 4 is 5.78 Å². The molecule has 0 aliphatic rings. The van der Waals surface area contributed by atoms with Gasteiger partial charge in [-0.3, -0.25) is 4.79 Å². The van der Waals surface area contributed by atoms with Gasteiger partial charge in [0.15, 0.2) is 0 Å². The molecule has 2 aromatic rings. The van der Waals surface area contributed by atoms with E-state index in [0.717, 1.165) is 46.5 Å². The van der Waals surface area contributed by atoms with E-state index in [1.54, 1.807) is 0 Å². The maximum absolute atomic E-state index is 12.6. The Balaban J connectivity index is 2.48. The minimum atomic E-state index is 0.0740. The normalized spacial score (nSPS) is 10.9. The largest absolute Gasteiger partial charge is 0.358 e. The number of hydrogen-bond donors (Lipinski definition) is 2. The Labute approximate surface area is 108 Å². The molecule has 0 saturated heterocycles. The van der Waals surface area contributed by atoms with Crippen molar-refractivity contribution in [2.45, 2.75) is 40.5 Å². The molecule has 0 fully saturated rings. The van der Waals surface area contributed by atoms with Gasteiger partial charge in [0.25, 0.3) is 0 Å². The molecule has 2 heterocycles. The minimum absolute atomic E-state index is 0.0740. The number of aryl methyl sites for hydroxylation is 2. The summed E-state index contributed by atoms with van der Waals surface area (Å²) >= 11 is 0. The fourth-order valence-corrected chi connectivity index (χ4v) is 2.55. The summed E-state index contributed by atoms with van der Waals surface area (Å²) in [5.41, 5.74) is 6.01. The van der Waals surface area contributed by atoms with Crippen LogP contribution in [0.1, 0.15) is 52.3 Å². The summed E-state index contributed by atoms with van der Waals surface area (Å²) in [5, 5.41) is 0. The predicted molar refractivity (Wildman–Crippen MR) is 73.2 cm³/mol. The number of H-pyrrole nitrogens is 2. The topological polar surface area (TPSA) is 48.6 Å². The number of carbonyl (C=O) groups excluding carboxylic acids is 1. The summed E-state index contributed by atoms with van der Waals surface area (Å²) in [5.74, 6) is 0.0740. The first kappa shape index (κ1) is 12.7. The van der Waals surface area contributed by atoms with Gasteiger partial charge in [0, 0.05) is 12.4 Å². The van der Waals surface area contributed by atoms with Gasteiger partial charge in [-0.2, -0.15) is 0 Å². The molecular weight excluding hydrogens is 224 g/mol. The van der Waals surface area contributed by atoms with E-state index < -0.39 is 0 Å². The first-order chi connectivity index (χ1) is 8.60. The van der Waals surface area contributed by atoms with Crippen LogP contribution < -0.4 is 0 Å². The minimum Gasteiger partial charge on any atom is -0.358 e. The Kier molecular flexibility index (Phi) is 3.41. The maximum atomic E-state index is 12.6. The van der Waals surface area contributed by atoms with Crippen molar-refractivity contribution in [1.82, 2.24) is 9.97 Å². The van der Waals surface area contributed by atoms with Gasteiger partial charge in [-0.15, -0.1) is 0 Å². The van der Waals surface area contributed by atoms with Crippen LogP contribution >= 0.6 is 0 Å². The standard InChI is InChI=1S/C15H20N2O/c1-5-11-9(3)7-16-13(11)15(18)14-12(6-2)10(4)8-17-14/h7-8,16-17H,5-6H2,1-4H3. The van der Waals surface area contributed by atoms with Gasteiger partial charge in [0.05, 0.1) is 11.4 Å². The first-order valence-electron chi connectivity index (χ1n) is 6.48. The summed E-state index contributed by atoms with van der Waals surface area (Å²) in [4.78, 5) is 18.8. The van der Waals surface area contributed by atoms with E-state index in [1.165, 1.54) is 0 Å². The second-order valence-electron chi connectivity index (χ2n) is 4.69. The van der Waals surface area contributed by atoms with Gasteiger partial charge < -0.3 is 9.97 Å². The van der Waals surface area contributed by atoms with Crippen LogP contribution in [0, 0.1) is 13.8 Å². The van der Waals surface area contributed by atoms with E-state index in [-0.39, 0.29) is 5.78 Å². The first-order valence-corrected chi connectivity index (χ1v) is 6.48. The Bertz CT molecular complexity index is 525. The van der Waals surface area contributed by atoms with Crippen LogP contribution in [-0.2, 0) is 12.8 Å². The van der Waals surface area contributed by atoms with Crippen molar-refractivity contribution in [3.8, 4) is 0 Å². The third-order valence-corrected chi connectivity index (χ3v) is 3.58. The molecule has 0 saturated carbocycles. The van der Waals surface area contributed by atoms with Gasteiger partial charge in [-0.25, -0.2) is 0 Å². The van der Waals surface area contributed by atoms with Crippen LogP contribution in [0.4, 0.5) is 0 Å². The molecule has 2 N–H and O–H groups in total. The summed E-state index contributed by atoms with van der Waals surface area (Å²) in [7, 11) is 0. The lowest BCUT2D eigenvalue weighted by Gasteiger charge is -2.04. The van der Waals surface area contributed by atoms with Crippen LogP contribution in [-0.4, -0.2) is 15.8 Å². The molecule has 0 aliphatic heterocycles. The van der Waals surface area contributed by atoms with E-state index in [9.17, 15) is 4.79 Å². The van der Waals surface area contributed by atoms with Crippen molar-refractivity contribution in [2.75, 3.05) is 0 Å².